The topological polar surface area (TPSA) is 33.1 Å². The number of aliphatic hydroxyl groups is 1. The Morgan fingerprint density at radius 1 is 1.35 bits per heavy atom. The Morgan fingerprint density at radius 3 is 2.88 bits per heavy atom. The summed E-state index contributed by atoms with van der Waals surface area (Å²) in [6.45, 7) is 1.95. The molecule has 2 rings (SSSR count). The van der Waals surface area contributed by atoms with Gasteiger partial charge in [0.15, 0.2) is 0 Å². The van der Waals surface area contributed by atoms with Crippen LogP contribution in [-0.4, -0.2) is 10.1 Å². The largest absolute Gasteiger partial charge is 0.388 e. The highest BCUT2D eigenvalue weighted by molar-refractivity contribution is 7.09. The fourth-order valence-electron chi connectivity index (χ4n) is 1.77. The van der Waals surface area contributed by atoms with Crippen molar-refractivity contribution in [1.29, 1.82) is 0 Å². The van der Waals surface area contributed by atoms with E-state index < -0.39 is 0 Å². The van der Waals surface area contributed by atoms with Gasteiger partial charge < -0.3 is 5.11 Å². The van der Waals surface area contributed by atoms with E-state index in [1.165, 1.54) is 4.88 Å². The van der Waals surface area contributed by atoms with E-state index in [-0.39, 0.29) is 6.10 Å². The molecule has 3 heteroatoms. The maximum Gasteiger partial charge on any atom is 0.0805 e. The number of rotatable bonds is 5. The second kappa shape index (κ2) is 5.94. The number of hydrogen-bond acceptors (Lipinski definition) is 3. The van der Waals surface area contributed by atoms with Crippen molar-refractivity contribution < 1.29 is 5.11 Å². The fourth-order valence-corrected chi connectivity index (χ4v) is 2.52. The monoisotopic (exact) mass is 247 g/mol. The van der Waals surface area contributed by atoms with Crippen molar-refractivity contribution in [2.24, 2.45) is 0 Å². The maximum atomic E-state index is 10.0. The molecule has 0 saturated carbocycles. The van der Waals surface area contributed by atoms with Crippen molar-refractivity contribution in [3.8, 4) is 0 Å². The van der Waals surface area contributed by atoms with Crippen molar-refractivity contribution in [2.45, 2.75) is 32.3 Å². The van der Waals surface area contributed by atoms with Crippen LogP contribution in [0.3, 0.4) is 0 Å². The predicted molar refractivity (Wildman–Crippen MR) is 71.2 cm³/mol. The third-order valence-electron chi connectivity index (χ3n) is 2.80. The van der Waals surface area contributed by atoms with Crippen LogP contribution in [0.4, 0.5) is 0 Å². The molecule has 0 radical (unpaired) electrons. The van der Waals surface area contributed by atoms with Gasteiger partial charge in [-0.1, -0.05) is 12.1 Å². The molecule has 0 aromatic carbocycles. The van der Waals surface area contributed by atoms with Crippen LogP contribution < -0.4 is 0 Å². The molecule has 0 aliphatic heterocycles. The summed E-state index contributed by atoms with van der Waals surface area (Å²) in [4.78, 5) is 5.59. The van der Waals surface area contributed by atoms with Crippen molar-refractivity contribution in [2.75, 3.05) is 0 Å². The zero-order chi connectivity index (χ0) is 12.1. The summed E-state index contributed by atoms with van der Waals surface area (Å²) in [6, 6.07) is 8.11. The number of hydrogen-bond donors (Lipinski definition) is 1. The quantitative estimate of drug-likeness (QED) is 0.877. The lowest BCUT2D eigenvalue weighted by molar-refractivity contribution is 0.164. The Labute approximate surface area is 106 Å². The van der Waals surface area contributed by atoms with Gasteiger partial charge >= 0.3 is 0 Å². The Morgan fingerprint density at radius 2 is 2.24 bits per heavy atom. The normalized spacial score (nSPS) is 12.6. The molecule has 1 N–H and O–H groups in total. The van der Waals surface area contributed by atoms with Crippen LogP contribution in [0.5, 0.6) is 0 Å². The van der Waals surface area contributed by atoms with Gasteiger partial charge in [-0.15, -0.1) is 11.3 Å². The molecule has 0 saturated heterocycles. The van der Waals surface area contributed by atoms with E-state index in [4.69, 9.17) is 0 Å². The Balaban J connectivity index is 1.81. The van der Waals surface area contributed by atoms with E-state index in [2.05, 4.69) is 22.5 Å². The summed E-state index contributed by atoms with van der Waals surface area (Å²) >= 11 is 1.78. The molecule has 0 spiro atoms. The molecule has 90 valence electrons. The van der Waals surface area contributed by atoms with Gasteiger partial charge in [-0.2, -0.15) is 0 Å². The lowest BCUT2D eigenvalue weighted by Gasteiger charge is -2.10. The summed E-state index contributed by atoms with van der Waals surface area (Å²) in [7, 11) is 0. The highest BCUT2D eigenvalue weighted by Crippen LogP contribution is 2.20. The SMILES string of the molecule is Cc1ccc(C(O)CCCc2cccs2)cn1. The number of thiophene rings is 1. The van der Waals surface area contributed by atoms with Gasteiger partial charge in [0.25, 0.3) is 0 Å². The van der Waals surface area contributed by atoms with E-state index in [9.17, 15) is 5.11 Å². The molecule has 2 heterocycles. The van der Waals surface area contributed by atoms with E-state index in [1.54, 1.807) is 17.5 Å². The lowest BCUT2D eigenvalue weighted by atomic mass is 10.1. The Hall–Kier alpha value is -1.19. The highest BCUT2D eigenvalue weighted by Gasteiger charge is 2.07. The van der Waals surface area contributed by atoms with Gasteiger partial charge in [0.2, 0.25) is 0 Å². The third kappa shape index (κ3) is 3.65. The summed E-state index contributed by atoms with van der Waals surface area (Å²) in [5.74, 6) is 0. The minimum atomic E-state index is -0.386. The second-order valence-corrected chi connectivity index (χ2v) is 5.25. The average molecular weight is 247 g/mol. The molecule has 17 heavy (non-hydrogen) atoms. The molecule has 1 unspecified atom stereocenters. The summed E-state index contributed by atoms with van der Waals surface area (Å²) in [6.07, 6.45) is 4.24. The van der Waals surface area contributed by atoms with Gasteiger partial charge in [0.05, 0.1) is 6.10 Å². The van der Waals surface area contributed by atoms with E-state index in [0.717, 1.165) is 30.5 Å². The number of nitrogens with zero attached hydrogens (tertiary/aromatic N) is 1. The second-order valence-electron chi connectivity index (χ2n) is 4.22. The summed E-state index contributed by atoms with van der Waals surface area (Å²) in [5.41, 5.74) is 1.90. The molecule has 2 aromatic rings. The van der Waals surface area contributed by atoms with Crippen LogP contribution >= 0.6 is 11.3 Å². The third-order valence-corrected chi connectivity index (χ3v) is 3.74. The molecule has 0 aliphatic carbocycles. The minimum absolute atomic E-state index is 0.386. The number of aliphatic hydroxyl groups excluding tert-OH is 1. The lowest BCUT2D eigenvalue weighted by Crippen LogP contribution is -1.99. The van der Waals surface area contributed by atoms with Crippen LogP contribution in [0.1, 0.15) is 35.1 Å². The zero-order valence-electron chi connectivity index (χ0n) is 9.97. The number of aromatic nitrogens is 1. The Kier molecular flexibility index (Phi) is 4.29. The van der Waals surface area contributed by atoms with Gasteiger partial charge in [-0.05, 0) is 49.3 Å². The first-order valence-electron chi connectivity index (χ1n) is 5.89. The van der Waals surface area contributed by atoms with Gasteiger partial charge in [0.1, 0.15) is 0 Å². The molecule has 2 aromatic heterocycles. The van der Waals surface area contributed by atoms with Crippen LogP contribution in [0.2, 0.25) is 0 Å². The molecule has 0 fully saturated rings. The molecule has 1 atom stereocenters. The smallest absolute Gasteiger partial charge is 0.0805 e. The van der Waals surface area contributed by atoms with Gasteiger partial charge in [0, 0.05) is 16.8 Å². The Bertz CT molecular complexity index is 436. The van der Waals surface area contributed by atoms with Crippen LogP contribution in [-0.2, 0) is 6.42 Å². The number of pyridine rings is 1. The zero-order valence-corrected chi connectivity index (χ0v) is 10.8. The van der Waals surface area contributed by atoms with E-state index in [0.29, 0.717) is 0 Å². The highest BCUT2D eigenvalue weighted by atomic mass is 32.1. The first-order chi connectivity index (χ1) is 8.25. The van der Waals surface area contributed by atoms with Crippen LogP contribution in [0, 0.1) is 6.92 Å². The van der Waals surface area contributed by atoms with Gasteiger partial charge in [-0.3, -0.25) is 4.98 Å². The maximum absolute atomic E-state index is 10.0. The standard InChI is InChI=1S/C14H17NOS/c1-11-7-8-12(10-15-11)14(16)6-2-4-13-5-3-9-17-13/h3,5,7-10,14,16H,2,4,6H2,1H3. The van der Waals surface area contributed by atoms with Crippen molar-refractivity contribution in [1.82, 2.24) is 4.98 Å². The van der Waals surface area contributed by atoms with Crippen molar-refractivity contribution >= 4 is 11.3 Å². The molecule has 0 bridgehead atoms. The van der Waals surface area contributed by atoms with E-state index >= 15 is 0 Å². The molecular weight excluding hydrogens is 230 g/mol. The van der Waals surface area contributed by atoms with Crippen LogP contribution in [0.15, 0.2) is 35.8 Å². The summed E-state index contributed by atoms with van der Waals surface area (Å²) in [5, 5.41) is 12.1. The van der Waals surface area contributed by atoms with Crippen molar-refractivity contribution in [3.63, 3.8) is 0 Å². The fraction of sp³-hybridized carbons (Fsp3) is 0.357. The first-order valence-corrected chi connectivity index (χ1v) is 6.76. The predicted octanol–water partition coefficient (Wildman–Crippen LogP) is 3.51. The molecule has 2 nitrogen and oxygen atoms in total. The van der Waals surface area contributed by atoms with Gasteiger partial charge in [-0.25, -0.2) is 0 Å². The first kappa shape index (κ1) is 12.3. The van der Waals surface area contributed by atoms with Crippen molar-refractivity contribution in [3.05, 3.63) is 52.0 Å². The van der Waals surface area contributed by atoms with Crippen LogP contribution in [0.25, 0.3) is 0 Å². The molecular formula is C14H17NOS. The molecule has 0 amide bonds. The number of aryl methyl sites for hydroxylation is 2. The van der Waals surface area contributed by atoms with E-state index in [1.807, 2.05) is 19.1 Å². The average Bonchev–Trinajstić information content (AvgIpc) is 2.83. The molecule has 0 aliphatic rings. The summed E-state index contributed by atoms with van der Waals surface area (Å²) < 4.78 is 0. The minimum Gasteiger partial charge on any atom is -0.388 e.